The number of rotatable bonds is 4. The van der Waals surface area contributed by atoms with Gasteiger partial charge in [0.15, 0.2) is 9.84 Å². The molecule has 0 radical (unpaired) electrons. The van der Waals surface area contributed by atoms with E-state index < -0.39 is 15.8 Å². The number of carboxylic acid groups (broad SMARTS) is 1. The van der Waals surface area contributed by atoms with Gasteiger partial charge in [0.05, 0.1) is 10.5 Å². The molecule has 0 amide bonds. The number of aryl methyl sites for hydroxylation is 1. The van der Waals surface area contributed by atoms with Crippen molar-refractivity contribution in [2.45, 2.75) is 14.9 Å². The Morgan fingerprint density at radius 2 is 2.10 bits per heavy atom. The van der Waals surface area contributed by atoms with Crippen LogP contribution >= 0.6 is 11.8 Å². The molecule has 0 atom stereocenters. The quantitative estimate of drug-likeness (QED) is 0.865. The second-order valence-electron chi connectivity index (χ2n) is 3.92. The smallest absolute Gasteiger partial charge is 0.336 e. The van der Waals surface area contributed by atoms with Gasteiger partial charge in [-0.05, 0) is 40.4 Å². The highest BCUT2D eigenvalue weighted by molar-refractivity contribution is 7.99. The van der Waals surface area contributed by atoms with E-state index in [0.717, 1.165) is 24.1 Å². The highest BCUT2D eigenvalue weighted by Gasteiger charge is 2.18. The zero-order chi connectivity index (χ0) is 14.9. The molecule has 0 spiro atoms. The lowest BCUT2D eigenvalue weighted by molar-refractivity contribution is 0.0693. The summed E-state index contributed by atoms with van der Waals surface area (Å²) in [7, 11) is -1.85. The fourth-order valence-corrected chi connectivity index (χ4v) is 2.88. The molecule has 0 saturated heterocycles. The molecule has 0 aliphatic rings. The summed E-state index contributed by atoms with van der Waals surface area (Å²) < 4.78 is 24.3. The molecule has 2 rings (SSSR count). The van der Waals surface area contributed by atoms with Crippen LogP contribution in [-0.4, -0.2) is 46.0 Å². The number of nitrogens with zero attached hydrogens (tertiary/aromatic N) is 4. The highest BCUT2D eigenvalue weighted by Crippen LogP contribution is 2.30. The minimum absolute atomic E-state index is 0.0460. The van der Waals surface area contributed by atoms with E-state index in [1.165, 1.54) is 16.8 Å². The number of aromatic nitrogens is 4. The molecule has 1 aromatic carbocycles. The van der Waals surface area contributed by atoms with Gasteiger partial charge < -0.3 is 5.11 Å². The topological polar surface area (TPSA) is 115 Å². The van der Waals surface area contributed by atoms with Gasteiger partial charge in [-0.25, -0.2) is 17.9 Å². The summed E-state index contributed by atoms with van der Waals surface area (Å²) >= 11 is 1.05. The van der Waals surface area contributed by atoms with Crippen LogP contribution in [0, 0.1) is 0 Å². The van der Waals surface area contributed by atoms with Crippen molar-refractivity contribution in [1.29, 1.82) is 0 Å². The zero-order valence-electron chi connectivity index (χ0n) is 10.5. The standard InChI is InChI=1S/C10H10N4O4S2/c1-14-10(11-12-13-14)19-8-4-3-6(20(2,17)18)5-7(8)9(15)16/h3-5H,1-2H3,(H,15,16). The van der Waals surface area contributed by atoms with E-state index in [4.69, 9.17) is 0 Å². The first-order chi connectivity index (χ1) is 9.29. The van der Waals surface area contributed by atoms with Gasteiger partial charge in [0.1, 0.15) is 0 Å². The molecule has 1 aromatic heterocycles. The van der Waals surface area contributed by atoms with Gasteiger partial charge in [-0.2, -0.15) is 0 Å². The lowest BCUT2D eigenvalue weighted by Crippen LogP contribution is -2.04. The van der Waals surface area contributed by atoms with Crippen molar-refractivity contribution in [1.82, 2.24) is 20.2 Å². The number of carboxylic acids is 1. The molecule has 8 nitrogen and oxygen atoms in total. The van der Waals surface area contributed by atoms with Crippen LogP contribution in [0.2, 0.25) is 0 Å². The molecule has 10 heteroatoms. The van der Waals surface area contributed by atoms with E-state index in [1.54, 1.807) is 7.05 Å². The van der Waals surface area contributed by atoms with Crippen LogP contribution in [0.3, 0.4) is 0 Å². The van der Waals surface area contributed by atoms with Crippen molar-refractivity contribution >= 4 is 27.6 Å². The summed E-state index contributed by atoms with van der Waals surface area (Å²) in [6, 6.07) is 3.91. The normalized spacial score (nSPS) is 11.5. The summed E-state index contributed by atoms with van der Waals surface area (Å²) in [5.74, 6) is -1.21. The van der Waals surface area contributed by atoms with Crippen LogP contribution in [0.15, 0.2) is 33.1 Å². The first-order valence-electron chi connectivity index (χ1n) is 5.26. The van der Waals surface area contributed by atoms with E-state index >= 15 is 0 Å². The molecule has 0 unspecified atom stereocenters. The minimum atomic E-state index is -3.46. The van der Waals surface area contributed by atoms with Gasteiger partial charge in [-0.15, -0.1) is 5.10 Å². The Kier molecular flexibility index (Phi) is 3.77. The first-order valence-corrected chi connectivity index (χ1v) is 7.97. The predicted molar refractivity (Wildman–Crippen MR) is 69.4 cm³/mol. The second-order valence-corrected chi connectivity index (χ2v) is 6.95. The number of aromatic carboxylic acids is 1. The molecule has 0 aliphatic carbocycles. The van der Waals surface area contributed by atoms with Crippen LogP contribution in [-0.2, 0) is 16.9 Å². The Bertz CT molecular complexity index is 769. The third kappa shape index (κ3) is 2.96. The summed E-state index contributed by atoms with van der Waals surface area (Å²) in [5, 5.41) is 20.4. The van der Waals surface area contributed by atoms with Crippen molar-refractivity contribution in [2.75, 3.05) is 6.26 Å². The maximum Gasteiger partial charge on any atom is 0.336 e. The van der Waals surface area contributed by atoms with Crippen LogP contribution < -0.4 is 0 Å². The number of hydrogen-bond donors (Lipinski definition) is 1. The second kappa shape index (κ2) is 5.21. The van der Waals surface area contributed by atoms with E-state index in [-0.39, 0.29) is 10.5 Å². The molecule has 0 aliphatic heterocycles. The number of carbonyl (C=O) groups is 1. The Morgan fingerprint density at radius 3 is 2.60 bits per heavy atom. The first kappa shape index (κ1) is 14.5. The number of sulfone groups is 1. The summed E-state index contributed by atoms with van der Waals surface area (Å²) in [4.78, 5) is 11.6. The summed E-state index contributed by atoms with van der Waals surface area (Å²) in [5.41, 5.74) is -0.110. The van der Waals surface area contributed by atoms with E-state index in [0.29, 0.717) is 10.1 Å². The highest BCUT2D eigenvalue weighted by atomic mass is 32.2. The van der Waals surface area contributed by atoms with E-state index in [1.807, 2.05) is 0 Å². The summed E-state index contributed by atoms with van der Waals surface area (Å²) in [6.07, 6.45) is 1.02. The average molecular weight is 314 g/mol. The van der Waals surface area contributed by atoms with Crippen molar-refractivity contribution < 1.29 is 18.3 Å². The maximum absolute atomic E-state index is 11.5. The van der Waals surface area contributed by atoms with E-state index in [2.05, 4.69) is 15.5 Å². The monoisotopic (exact) mass is 314 g/mol. The Hall–Kier alpha value is -1.94. The van der Waals surface area contributed by atoms with Gasteiger partial charge in [0, 0.05) is 18.2 Å². The Labute approximate surface area is 118 Å². The van der Waals surface area contributed by atoms with Crippen LogP contribution in [0.1, 0.15) is 10.4 Å². The number of hydrogen-bond acceptors (Lipinski definition) is 7. The lowest BCUT2D eigenvalue weighted by Gasteiger charge is -2.06. The largest absolute Gasteiger partial charge is 0.478 e. The average Bonchev–Trinajstić information content (AvgIpc) is 2.74. The van der Waals surface area contributed by atoms with E-state index in [9.17, 15) is 18.3 Å². The van der Waals surface area contributed by atoms with Gasteiger partial charge >= 0.3 is 5.97 Å². The maximum atomic E-state index is 11.5. The molecule has 0 bridgehead atoms. The molecular weight excluding hydrogens is 304 g/mol. The van der Waals surface area contributed by atoms with Crippen molar-refractivity contribution in [3.63, 3.8) is 0 Å². The molecular formula is C10H10N4O4S2. The summed E-state index contributed by atoms with van der Waals surface area (Å²) in [6.45, 7) is 0. The molecule has 1 N–H and O–H groups in total. The molecule has 2 aromatic rings. The number of tetrazole rings is 1. The molecule has 20 heavy (non-hydrogen) atoms. The third-order valence-electron chi connectivity index (χ3n) is 2.39. The molecule has 1 heterocycles. The van der Waals surface area contributed by atoms with Crippen LogP contribution in [0.5, 0.6) is 0 Å². The molecule has 106 valence electrons. The van der Waals surface area contributed by atoms with Crippen molar-refractivity contribution in [3.8, 4) is 0 Å². The van der Waals surface area contributed by atoms with Crippen LogP contribution in [0.25, 0.3) is 0 Å². The van der Waals surface area contributed by atoms with Gasteiger partial charge in [0.2, 0.25) is 5.16 Å². The fourth-order valence-electron chi connectivity index (χ4n) is 1.40. The predicted octanol–water partition coefficient (Wildman–Crippen LogP) is 0.463. The minimum Gasteiger partial charge on any atom is -0.478 e. The van der Waals surface area contributed by atoms with Gasteiger partial charge in [0.25, 0.3) is 0 Å². The Balaban J connectivity index is 2.49. The van der Waals surface area contributed by atoms with Crippen LogP contribution in [0.4, 0.5) is 0 Å². The third-order valence-corrected chi connectivity index (χ3v) is 4.61. The lowest BCUT2D eigenvalue weighted by atomic mass is 10.2. The fraction of sp³-hybridized carbons (Fsp3) is 0.200. The van der Waals surface area contributed by atoms with Gasteiger partial charge in [-0.3, -0.25) is 0 Å². The SMILES string of the molecule is Cn1nnnc1Sc1ccc(S(C)(=O)=O)cc1C(=O)O. The van der Waals surface area contributed by atoms with Crippen molar-refractivity contribution in [3.05, 3.63) is 23.8 Å². The Morgan fingerprint density at radius 1 is 1.40 bits per heavy atom. The molecule has 0 saturated carbocycles. The number of benzene rings is 1. The molecule has 0 fully saturated rings. The zero-order valence-corrected chi connectivity index (χ0v) is 12.1. The van der Waals surface area contributed by atoms with Crippen molar-refractivity contribution in [2.24, 2.45) is 7.05 Å². The van der Waals surface area contributed by atoms with Gasteiger partial charge in [-0.1, -0.05) is 0 Å².